The molecule has 3 aliphatic heterocycles. The molecular weight excluding hydrogens is 438 g/mol. The number of aryl methyl sites for hydroxylation is 1. The van der Waals surface area contributed by atoms with Crippen molar-refractivity contribution in [1.82, 2.24) is 15.6 Å². The van der Waals surface area contributed by atoms with Gasteiger partial charge in [0, 0.05) is 42.5 Å². The van der Waals surface area contributed by atoms with E-state index in [2.05, 4.69) is 38.7 Å². The van der Waals surface area contributed by atoms with Crippen LogP contribution in [0.1, 0.15) is 20.9 Å². The number of thiophene rings is 1. The molecule has 0 saturated carbocycles. The summed E-state index contributed by atoms with van der Waals surface area (Å²) in [6.07, 6.45) is 0.968. The number of hydrogen-bond donors (Lipinski definition) is 3. The number of nitrogens with zero attached hydrogens (tertiary/aromatic N) is 2. The van der Waals surface area contributed by atoms with Crippen LogP contribution in [0.15, 0.2) is 30.3 Å². The Kier molecular flexibility index (Phi) is 5.12. The largest absolute Gasteiger partial charge is 0.491 e. The number of amides is 1. The minimum atomic E-state index is -0.172. The molecule has 3 aliphatic rings. The van der Waals surface area contributed by atoms with Crippen molar-refractivity contribution in [2.24, 2.45) is 0 Å². The zero-order chi connectivity index (χ0) is 22.5. The van der Waals surface area contributed by atoms with E-state index in [1.807, 2.05) is 19.1 Å². The van der Waals surface area contributed by atoms with Gasteiger partial charge in [-0.05, 0) is 37.1 Å². The minimum Gasteiger partial charge on any atom is -0.491 e. The number of pyridine rings is 1. The van der Waals surface area contributed by atoms with Crippen LogP contribution < -0.4 is 26.0 Å². The van der Waals surface area contributed by atoms with Crippen LogP contribution in [0.4, 0.5) is 11.4 Å². The Morgan fingerprint density at radius 3 is 3.09 bits per heavy atom. The molecule has 9 heteroatoms. The molecule has 0 bridgehead atoms. The summed E-state index contributed by atoms with van der Waals surface area (Å²) < 4.78 is 12.0. The SMILES string of the molecule is Cc1ccc2c(N)c(C(=O)N[C@H]3COc4cc(N5C[C@@H]6NCCO[C@@H]6C5)ccc4C3)sc2n1. The molecule has 33 heavy (non-hydrogen) atoms. The molecule has 4 N–H and O–H groups in total. The quantitative estimate of drug-likeness (QED) is 0.544. The third-order valence-electron chi connectivity index (χ3n) is 6.70. The second-order valence-electron chi connectivity index (χ2n) is 9.00. The van der Waals surface area contributed by atoms with E-state index in [4.69, 9.17) is 15.2 Å². The van der Waals surface area contributed by atoms with Crippen LogP contribution in [0.5, 0.6) is 5.75 Å². The Morgan fingerprint density at radius 2 is 2.21 bits per heavy atom. The summed E-state index contributed by atoms with van der Waals surface area (Å²) in [5.41, 5.74) is 9.90. The molecular formula is C24H27N5O3S. The lowest BCUT2D eigenvalue weighted by molar-refractivity contribution is 0.0212. The number of nitrogens with one attached hydrogen (secondary N) is 2. The fourth-order valence-corrected chi connectivity index (χ4v) is 6.01. The van der Waals surface area contributed by atoms with Crippen LogP contribution in [0.3, 0.4) is 0 Å². The minimum absolute atomic E-state index is 0.109. The van der Waals surface area contributed by atoms with Crippen LogP contribution in [-0.4, -0.2) is 61.9 Å². The van der Waals surface area contributed by atoms with Gasteiger partial charge in [0.05, 0.1) is 30.5 Å². The molecule has 2 saturated heterocycles. The molecule has 2 fully saturated rings. The van der Waals surface area contributed by atoms with Crippen molar-refractivity contribution in [3.8, 4) is 5.75 Å². The van der Waals surface area contributed by atoms with E-state index in [1.54, 1.807) is 0 Å². The smallest absolute Gasteiger partial charge is 0.263 e. The topological polar surface area (TPSA) is 102 Å². The number of carbonyl (C=O) groups excluding carboxylic acids is 1. The summed E-state index contributed by atoms with van der Waals surface area (Å²) in [7, 11) is 0. The maximum absolute atomic E-state index is 13.0. The van der Waals surface area contributed by atoms with Gasteiger partial charge >= 0.3 is 0 Å². The number of rotatable bonds is 3. The van der Waals surface area contributed by atoms with Crippen molar-refractivity contribution in [2.75, 3.05) is 43.5 Å². The van der Waals surface area contributed by atoms with Gasteiger partial charge in [0.25, 0.3) is 5.91 Å². The summed E-state index contributed by atoms with van der Waals surface area (Å²) in [6, 6.07) is 10.5. The number of benzene rings is 1. The highest BCUT2D eigenvalue weighted by Crippen LogP contribution is 2.34. The molecule has 0 aliphatic carbocycles. The molecule has 3 atom stereocenters. The zero-order valence-corrected chi connectivity index (χ0v) is 19.3. The second kappa shape index (κ2) is 8.16. The van der Waals surface area contributed by atoms with Crippen molar-refractivity contribution in [3.63, 3.8) is 0 Å². The first kappa shape index (κ1) is 20.7. The zero-order valence-electron chi connectivity index (χ0n) is 18.5. The first-order valence-electron chi connectivity index (χ1n) is 11.4. The first-order valence-corrected chi connectivity index (χ1v) is 12.2. The Hall–Kier alpha value is -2.88. The maximum Gasteiger partial charge on any atom is 0.263 e. The summed E-state index contributed by atoms with van der Waals surface area (Å²) in [4.78, 5) is 21.1. The fourth-order valence-electron chi connectivity index (χ4n) is 4.96. The molecule has 8 nitrogen and oxygen atoms in total. The summed E-state index contributed by atoms with van der Waals surface area (Å²) in [5.74, 6) is 0.719. The first-order chi connectivity index (χ1) is 16.0. The number of carbonyl (C=O) groups is 1. The molecule has 172 valence electrons. The molecule has 6 rings (SSSR count). The van der Waals surface area contributed by atoms with Crippen LogP contribution >= 0.6 is 11.3 Å². The van der Waals surface area contributed by atoms with Gasteiger partial charge in [-0.15, -0.1) is 11.3 Å². The number of fused-ring (bicyclic) bond motifs is 3. The third-order valence-corrected chi connectivity index (χ3v) is 7.82. The second-order valence-corrected chi connectivity index (χ2v) is 10.0. The number of morpholine rings is 1. The van der Waals surface area contributed by atoms with Gasteiger partial charge in [0.1, 0.15) is 22.1 Å². The number of ether oxygens (including phenoxy) is 2. The predicted octanol–water partition coefficient (Wildman–Crippen LogP) is 2.10. The fraction of sp³-hybridized carbons (Fsp3) is 0.417. The molecule has 1 aromatic carbocycles. The summed E-state index contributed by atoms with van der Waals surface area (Å²) >= 11 is 1.33. The Balaban J connectivity index is 1.14. The van der Waals surface area contributed by atoms with E-state index in [9.17, 15) is 4.79 Å². The van der Waals surface area contributed by atoms with Gasteiger partial charge in [0.15, 0.2) is 0 Å². The standard InChI is InChI=1S/C24H27N5O3S/c1-13-2-5-17-21(25)22(33-24(17)27-13)23(30)28-15-8-14-3-4-16(9-19(14)32-12-15)29-10-18-20(11-29)31-7-6-26-18/h2-5,9,15,18,20,26H,6-8,10-12,25H2,1H3,(H,28,30)/t15-,18+,20-/m1/s1. The Morgan fingerprint density at radius 1 is 1.30 bits per heavy atom. The highest BCUT2D eigenvalue weighted by Gasteiger charge is 2.36. The van der Waals surface area contributed by atoms with Gasteiger partial charge in [-0.3, -0.25) is 4.79 Å². The van der Waals surface area contributed by atoms with Gasteiger partial charge in [-0.25, -0.2) is 4.98 Å². The molecule has 2 aromatic heterocycles. The van der Waals surface area contributed by atoms with Crippen molar-refractivity contribution >= 4 is 38.8 Å². The van der Waals surface area contributed by atoms with Crippen molar-refractivity contribution < 1.29 is 14.3 Å². The molecule has 0 radical (unpaired) electrons. The molecule has 0 spiro atoms. The molecule has 5 heterocycles. The highest BCUT2D eigenvalue weighted by molar-refractivity contribution is 7.21. The molecule has 0 unspecified atom stereocenters. The van der Waals surface area contributed by atoms with E-state index in [-0.39, 0.29) is 18.1 Å². The lowest BCUT2D eigenvalue weighted by atomic mass is 10.0. The molecule has 1 amide bonds. The molecule has 3 aromatic rings. The van der Waals surface area contributed by atoms with Gasteiger partial charge in [-0.1, -0.05) is 6.07 Å². The Bertz CT molecular complexity index is 1210. The van der Waals surface area contributed by atoms with Crippen LogP contribution in [0, 0.1) is 6.92 Å². The van der Waals surface area contributed by atoms with Crippen LogP contribution in [0.2, 0.25) is 0 Å². The lowest BCUT2D eigenvalue weighted by Gasteiger charge is -2.28. The number of nitrogens with two attached hydrogens (primary N) is 1. The highest BCUT2D eigenvalue weighted by atomic mass is 32.1. The van der Waals surface area contributed by atoms with E-state index < -0.39 is 0 Å². The van der Waals surface area contributed by atoms with Crippen molar-refractivity contribution in [2.45, 2.75) is 31.5 Å². The van der Waals surface area contributed by atoms with Crippen LogP contribution in [0.25, 0.3) is 10.2 Å². The lowest BCUT2D eigenvalue weighted by Crippen LogP contribution is -2.47. The summed E-state index contributed by atoms with van der Waals surface area (Å²) in [5, 5.41) is 7.47. The third kappa shape index (κ3) is 3.80. The predicted molar refractivity (Wildman–Crippen MR) is 129 cm³/mol. The van der Waals surface area contributed by atoms with Crippen LogP contribution in [-0.2, 0) is 11.2 Å². The van der Waals surface area contributed by atoms with E-state index >= 15 is 0 Å². The average Bonchev–Trinajstić information content (AvgIpc) is 3.39. The van der Waals surface area contributed by atoms with Gasteiger partial charge in [-0.2, -0.15) is 0 Å². The maximum atomic E-state index is 13.0. The number of hydrogen-bond acceptors (Lipinski definition) is 8. The van der Waals surface area contributed by atoms with Crippen molar-refractivity contribution in [1.29, 1.82) is 0 Å². The summed E-state index contributed by atoms with van der Waals surface area (Å²) in [6.45, 7) is 5.88. The number of aromatic nitrogens is 1. The van der Waals surface area contributed by atoms with Gasteiger partial charge < -0.3 is 30.7 Å². The average molecular weight is 466 g/mol. The normalized spacial score (nSPS) is 24.3. The van der Waals surface area contributed by atoms with E-state index in [0.29, 0.717) is 23.2 Å². The van der Waals surface area contributed by atoms with Gasteiger partial charge in [0.2, 0.25) is 0 Å². The van der Waals surface area contributed by atoms with E-state index in [1.165, 1.54) is 11.3 Å². The number of anilines is 2. The Labute approximate surface area is 196 Å². The monoisotopic (exact) mass is 465 g/mol. The van der Waals surface area contributed by atoms with E-state index in [0.717, 1.165) is 65.6 Å². The number of nitrogen functional groups attached to an aromatic ring is 1. The van der Waals surface area contributed by atoms with Crippen molar-refractivity contribution in [3.05, 3.63) is 46.5 Å².